The lowest BCUT2D eigenvalue weighted by Crippen LogP contribution is -2.06. The zero-order chi connectivity index (χ0) is 18.1. The third kappa shape index (κ3) is 3.44. The molecule has 0 saturated heterocycles. The maximum Gasteiger partial charge on any atom is 0.338 e. The van der Waals surface area contributed by atoms with E-state index >= 15 is 0 Å². The van der Waals surface area contributed by atoms with Gasteiger partial charge < -0.3 is 9.15 Å². The van der Waals surface area contributed by atoms with Crippen LogP contribution in [0.25, 0.3) is 5.69 Å². The monoisotopic (exact) mass is 359 g/mol. The van der Waals surface area contributed by atoms with Gasteiger partial charge in [-0.2, -0.15) is 5.10 Å². The molecule has 0 amide bonds. The first kappa shape index (κ1) is 17.2. The molecule has 7 heteroatoms. The molecule has 0 spiro atoms. The molecule has 25 heavy (non-hydrogen) atoms. The summed E-state index contributed by atoms with van der Waals surface area (Å²) >= 11 is 6.17. The van der Waals surface area contributed by atoms with Gasteiger partial charge in [0.15, 0.2) is 6.61 Å². The van der Waals surface area contributed by atoms with E-state index in [9.17, 15) is 4.79 Å². The van der Waals surface area contributed by atoms with Crippen molar-refractivity contribution in [3.63, 3.8) is 0 Å². The molecule has 0 N–H and O–H groups in total. The van der Waals surface area contributed by atoms with E-state index in [2.05, 4.69) is 10.1 Å². The lowest BCUT2D eigenvalue weighted by Gasteiger charge is -2.06. The van der Waals surface area contributed by atoms with Gasteiger partial charge in [-0.25, -0.2) is 14.5 Å². The summed E-state index contributed by atoms with van der Waals surface area (Å²) in [5, 5.41) is 5.03. The van der Waals surface area contributed by atoms with Crippen LogP contribution in [-0.2, 0) is 11.3 Å². The summed E-state index contributed by atoms with van der Waals surface area (Å²) in [4.78, 5) is 16.3. The number of aryl methyl sites for hydroxylation is 3. The molecule has 0 aliphatic rings. The van der Waals surface area contributed by atoms with E-state index in [-0.39, 0.29) is 6.61 Å². The van der Waals surface area contributed by atoms with E-state index in [0.29, 0.717) is 16.5 Å². The maximum absolute atomic E-state index is 12.1. The molecular weight excluding hydrogens is 342 g/mol. The number of carbonyl (C=O) groups excluding carboxylic acids is 1. The van der Waals surface area contributed by atoms with Gasteiger partial charge >= 0.3 is 5.97 Å². The first-order chi connectivity index (χ1) is 11.9. The van der Waals surface area contributed by atoms with E-state index in [1.807, 2.05) is 27.7 Å². The zero-order valence-corrected chi connectivity index (χ0v) is 15.2. The highest BCUT2D eigenvalue weighted by Crippen LogP contribution is 2.22. The van der Waals surface area contributed by atoms with E-state index in [1.165, 1.54) is 0 Å². The number of carbonyl (C=O) groups is 1. The summed E-state index contributed by atoms with van der Waals surface area (Å²) in [6.45, 7) is 7.41. The van der Waals surface area contributed by atoms with Crippen molar-refractivity contribution in [1.29, 1.82) is 0 Å². The van der Waals surface area contributed by atoms with Crippen molar-refractivity contribution in [2.24, 2.45) is 0 Å². The minimum Gasteiger partial charge on any atom is -0.452 e. The molecule has 0 saturated carbocycles. The van der Waals surface area contributed by atoms with Crippen molar-refractivity contribution in [2.45, 2.75) is 34.3 Å². The smallest absolute Gasteiger partial charge is 0.338 e. The maximum atomic E-state index is 12.1. The molecule has 2 aromatic heterocycles. The number of benzene rings is 1. The number of aromatic nitrogens is 3. The highest BCUT2D eigenvalue weighted by Gasteiger charge is 2.13. The fourth-order valence-electron chi connectivity index (χ4n) is 2.43. The fourth-order valence-corrected chi connectivity index (χ4v) is 2.54. The highest BCUT2D eigenvalue weighted by atomic mass is 35.5. The minimum atomic E-state index is -0.438. The first-order valence-electron chi connectivity index (χ1n) is 7.79. The van der Waals surface area contributed by atoms with Gasteiger partial charge in [-0.1, -0.05) is 11.6 Å². The quantitative estimate of drug-likeness (QED) is 0.656. The summed E-state index contributed by atoms with van der Waals surface area (Å²) in [5.74, 6) is 0.669. The van der Waals surface area contributed by atoms with E-state index in [0.717, 1.165) is 28.5 Å². The highest BCUT2D eigenvalue weighted by molar-refractivity contribution is 6.31. The van der Waals surface area contributed by atoms with E-state index in [1.54, 1.807) is 28.9 Å². The number of nitrogens with zero attached hydrogens (tertiary/aromatic N) is 3. The van der Waals surface area contributed by atoms with Gasteiger partial charge in [0.25, 0.3) is 0 Å². The molecule has 2 heterocycles. The molecule has 3 aromatic rings. The number of oxazole rings is 1. The lowest BCUT2D eigenvalue weighted by atomic mass is 10.2. The summed E-state index contributed by atoms with van der Waals surface area (Å²) in [7, 11) is 0. The molecule has 0 fully saturated rings. The molecule has 0 radical (unpaired) electrons. The van der Waals surface area contributed by atoms with Crippen LogP contribution in [0.3, 0.4) is 0 Å². The molecule has 0 aliphatic heterocycles. The molecule has 130 valence electrons. The zero-order valence-electron chi connectivity index (χ0n) is 14.5. The molecule has 0 bridgehead atoms. The van der Waals surface area contributed by atoms with Gasteiger partial charge in [0.05, 0.1) is 33.4 Å². The van der Waals surface area contributed by atoms with Gasteiger partial charge in [-0.3, -0.25) is 0 Å². The minimum absolute atomic E-state index is 0.00231. The fraction of sp³-hybridized carbons (Fsp3) is 0.278. The molecule has 0 unspecified atom stereocenters. The number of rotatable bonds is 4. The van der Waals surface area contributed by atoms with Crippen LogP contribution < -0.4 is 0 Å². The molecular formula is C18H18ClN3O3. The Morgan fingerprint density at radius 3 is 2.36 bits per heavy atom. The molecule has 6 nitrogen and oxygen atoms in total. The van der Waals surface area contributed by atoms with Crippen molar-refractivity contribution in [3.8, 4) is 5.69 Å². The largest absolute Gasteiger partial charge is 0.452 e. The van der Waals surface area contributed by atoms with Crippen molar-refractivity contribution in [2.75, 3.05) is 0 Å². The standard InChI is InChI=1S/C18H18ClN3O3/c1-10-13(4)25-16(20-10)9-24-18(23)14-5-7-15(8-6-14)22-12(3)17(19)11(2)21-22/h5-8H,9H2,1-4H3. The first-order valence-corrected chi connectivity index (χ1v) is 8.17. The van der Waals surface area contributed by atoms with Gasteiger partial charge in [-0.05, 0) is 52.0 Å². The summed E-state index contributed by atoms with van der Waals surface area (Å²) in [5.41, 5.74) is 3.67. The predicted octanol–water partition coefficient (Wildman–Crippen LogP) is 4.10. The summed E-state index contributed by atoms with van der Waals surface area (Å²) in [6, 6.07) is 6.97. The number of hydrogen-bond donors (Lipinski definition) is 0. The van der Waals surface area contributed by atoms with Crippen LogP contribution in [0.15, 0.2) is 28.7 Å². The Labute approximate surface area is 150 Å². The van der Waals surface area contributed by atoms with Crippen LogP contribution in [-0.4, -0.2) is 20.7 Å². The second-order valence-corrected chi connectivity index (χ2v) is 6.15. The van der Waals surface area contributed by atoms with Gasteiger partial charge in [0.1, 0.15) is 5.76 Å². The van der Waals surface area contributed by atoms with Crippen molar-refractivity contribution in [3.05, 3.63) is 63.6 Å². The topological polar surface area (TPSA) is 70.2 Å². The summed E-state index contributed by atoms with van der Waals surface area (Å²) < 4.78 is 12.4. The van der Waals surface area contributed by atoms with Gasteiger partial charge in [0, 0.05) is 0 Å². The van der Waals surface area contributed by atoms with Crippen LogP contribution in [0.5, 0.6) is 0 Å². The van der Waals surface area contributed by atoms with Gasteiger partial charge in [0.2, 0.25) is 5.89 Å². The Bertz CT molecular complexity index is 906. The third-order valence-electron chi connectivity index (χ3n) is 3.95. The van der Waals surface area contributed by atoms with Crippen LogP contribution in [0.1, 0.15) is 39.1 Å². The molecule has 0 aliphatic carbocycles. The molecule has 1 aromatic carbocycles. The lowest BCUT2D eigenvalue weighted by molar-refractivity contribution is 0.0437. The van der Waals surface area contributed by atoms with E-state index in [4.69, 9.17) is 20.8 Å². The Balaban J connectivity index is 1.71. The Morgan fingerprint density at radius 1 is 1.16 bits per heavy atom. The predicted molar refractivity (Wildman–Crippen MR) is 93.1 cm³/mol. The number of halogens is 1. The number of hydrogen-bond acceptors (Lipinski definition) is 5. The average molecular weight is 360 g/mol. The van der Waals surface area contributed by atoms with E-state index < -0.39 is 5.97 Å². The SMILES string of the molecule is Cc1nc(COC(=O)c2ccc(-n3nc(C)c(Cl)c3C)cc2)oc1C. The Kier molecular flexibility index (Phi) is 4.63. The molecule has 3 rings (SSSR count). The molecule has 0 atom stereocenters. The van der Waals surface area contributed by atoms with Crippen molar-refractivity contribution < 1.29 is 13.9 Å². The Morgan fingerprint density at radius 2 is 1.84 bits per heavy atom. The Hall–Kier alpha value is -2.60. The van der Waals surface area contributed by atoms with Crippen molar-refractivity contribution in [1.82, 2.24) is 14.8 Å². The second kappa shape index (κ2) is 6.72. The average Bonchev–Trinajstić information content (AvgIpc) is 3.06. The van der Waals surface area contributed by atoms with Crippen LogP contribution in [0, 0.1) is 27.7 Å². The normalized spacial score (nSPS) is 10.9. The van der Waals surface area contributed by atoms with Crippen LogP contribution >= 0.6 is 11.6 Å². The van der Waals surface area contributed by atoms with Crippen LogP contribution in [0.4, 0.5) is 0 Å². The van der Waals surface area contributed by atoms with Crippen LogP contribution in [0.2, 0.25) is 5.02 Å². The van der Waals surface area contributed by atoms with Gasteiger partial charge in [-0.15, -0.1) is 0 Å². The summed E-state index contributed by atoms with van der Waals surface area (Å²) in [6.07, 6.45) is 0. The number of esters is 1. The second-order valence-electron chi connectivity index (χ2n) is 5.77. The van der Waals surface area contributed by atoms with Crippen molar-refractivity contribution >= 4 is 17.6 Å². The number of ether oxygens (including phenoxy) is 1. The third-order valence-corrected chi connectivity index (χ3v) is 4.50.